The van der Waals surface area contributed by atoms with Crippen molar-refractivity contribution in [2.45, 2.75) is 18.9 Å². The van der Waals surface area contributed by atoms with Gasteiger partial charge in [0.05, 0.1) is 0 Å². The lowest BCUT2D eigenvalue weighted by molar-refractivity contribution is 0.405. The van der Waals surface area contributed by atoms with E-state index in [0.717, 1.165) is 17.3 Å². The van der Waals surface area contributed by atoms with Crippen molar-refractivity contribution in [3.8, 4) is 17.0 Å². The first-order valence-electron chi connectivity index (χ1n) is 5.91. The Balaban J connectivity index is 2.26. The fraction of sp³-hybridized carbons (Fsp3) is 0.231. The summed E-state index contributed by atoms with van der Waals surface area (Å²) in [6.07, 6.45) is 1.69. The average Bonchev–Trinajstić information content (AvgIpc) is 3.15. The number of hydrogen-bond donors (Lipinski definition) is 2. The van der Waals surface area contributed by atoms with E-state index in [-0.39, 0.29) is 17.5 Å². The van der Waals surface area contributed by atoms with Crippen molar-refractivity contribution in [3.63, 3.8) is 0 Å². The second-order valence-electron chi connectivity index (χ2n) is 4.57. The molecular formula is C13H11BrN2O3. The molecule has 2 aromatic rings. The van der Waals surface area contributed by atoms with Crippen LogP contribution >= 0.6 is 15.9 Å². The second-order valence-corrected chi connectivity index (χ2v) is 5.48. The molecule has 1 heterocycles. The van der Waals surface area contributed by atoms with Crippen LogP contribution in [0.1, 0.15) is 18.9 Å². The molecule has 0 unspecified atom stereocenters. The highest BCUT2D eigenvalue weighted by molar-refractivity contribution is 9.10. The largest absolute Gasteiger partial charge is 0.494 e. The third-order valence-corrected chi connectivity index (χ3v) is 3.69. The molecule has 19 heavy (non-hydrogen) atoms. The zero-order valence-corrected chi connectivity index (χ0v) is 11.5. The Hall–Kier alpha value is -1.82. The minimum Gasteiger partial charge on any atom is -0.494 e. The van der Waals surface area contributed by atoms with Gasteiger partial charge in [-0.25, -0.2) is 4.79 Å². The van der Waals surface area contributed by atoms with E-state index in [9.17, 15) is 14.7 Å². The summed E-state index contributed by atoms with van der Waals surface area (Å²) >= 11 is 3.31. The Morgan fingerprint density at radius 2 is 1.84 bits per heavy atom. The van der Waals surface area contributed by atoms with Gasteiger partial charge in [0.2, 0.25) is 5.88 Å². The molecule has 0 amide bonds. The number of hydrogen-bond acceptors (Lipinski definition) is 3. The molecule has 0 spiro atoms. The summed E-state index contributed by atoms with van der Waals surface area (Å²) in [6.45, 7) is 0. The highest BCUT2D eigenvalue weighted by Gasteiger charge is 2.29. The SMILES string of the molecule is O=c1[nH]c(=O)n(C2CC2)c(O)c1-c1ccc(Br)cc1. The summed E-state index contributed by atoms with van der Waals surface area (Å²) in [5.41, 5.74) is -0.400. The highest BCUT2D eigenvalue weighted by atomic mass is 79.9. The van der Waals surface area contributed by atoms with Gasteiger partial charge in [-0.05, 0) is 30.5 Å². The third-order valence-electron chi connectivity index (χ3n) is 3.16. The number of H-pyrrole nitrogens is 1. The van der Waals surface area contributed by atoms with Crippen LogP contribution in [-0.2, 0) is 0 Å². The van der Waals surface area contributed by atoms with Crippen LogP contribution < -0.4 is 11.2 Å². The topological polar surface area (TPSA) is 75.1 Å². The number of rotatable bonds is 2. The number of aromatic nitrogens is 2. The van der Waals surface area contributed by atoms with E-state index in [4.69, 9.17) is 0 Å². The van der Waals surface area contributed by atoms with Crippen molar-refractivity contribution in [1.29, 1.82) is 0 Å². The van der Waals surface area contributed by atoms with Gasteiger partial charge >= 0.3 is 5.69 Å². The number of nitrogens with zero attached hydrogens (tertiary/aromatic N) is 1. The lowest BCUT2D eigenvalue weighted by atomic mass is 10.1. The zero-order chi connectivity index (χ0) is 13.6. The molecule has 5 nitrogen and oxygen atoms in total. The minimum atomic E-state index is -0.568. The molecule has 0 bridgehead atoms. The molecule has 0 aliphatic heterocycles. The van der Waals surface area contributed by atoms with Gasteiger partial charge in [-0.2, -0.15) is 0 Å². The maximum absolute atomic E-state index is 11.9. The summed E-state index contributed by atoms with van der Waals surface area (Å²) in [6, 6.07) is 6.99. The maximum Gasteiger partial charge on any atom is 0.331 e. The summed E-state index contributed by atoms with van der Waals surface area (Å²) in [7, 11) is 0. The van der Waals surface area contributed by atoms with Crippen molar-refractivity contribution < 1.29 is 5.11 Å². The van der Waals surface area contributed by atoms with Gasteiger partial charge in [0.1, 0.15) is 5.56 Å². The van der Waals surface area contributed by atoms with Gasteiger partial charge < -0.3 is 5.11 Å². The smallest absolute Gasteiger partial charge is 0.331 e. The van der Waals surface area contributed by atoms with E-state index in [2.05, 4.69) is 20.9 Å². The predicted molar refractivity (Wildman–Crippen MR) is 74.4 cm³/mol. The average molecular weight is 323 g/mol. The van der Waals surface area contributed by atoms with Crippen LogP contribution in [0.3, 0.4) is 0 Å². The standard InChI is InChI=1S/C13H11BrN2O3/c14-8-3-1-7(2-4-8)10-11(17)15-13(19)16(12(10)18)9-5-6-9/h1-4,9,18H,5-6H2,(H,15,17,19). The van der Waals surface area contributed by atoms with Gasteiger partial charge in [0.15, 0.2) is 0 Å². The quantitative estimate of drug-likeness (QED) is 0.888. The van der Waals surface area contributed by atoms with Gasteiger partial charge in [-0.3, -0.25) is 14.3 Å². The van der Waals surface area contributed by atoms with Crippen LogP contribution in [0.4, 0.5) is 0 Å². The van der Waals surface area contributed by atoms with E-state index in [1.165, 1.54) is 4.57 Å². The summed E-state index contributed by atoms with van der Waals surface area (Å²) in [5, 5.41) is 10.2. The Morgan fingerprint density at radius 3 is 2.42 bits per heavy atom. The van der Waals surface area contributed by atoms with E-state index in [1.807, 2.05) is 0 Å². The molecule has 98 valence electrons. The molecule has 3 rings (SSSR count). The molecule has 2 N–H and O–H groups in total. The molecule has 0 saturated heterocycles. The van der Waals surface area contributed by atoms with E-state index in [0.29, 0.717) is 5.56 Å². The van der Waals surface area contributed by atoms with Crippen LogP contribution in [0.5, 0.6) is 5.88 Å². The van der Waals surface area contributed by atoms with Crippen LogP contribution in [0.25, 0.3) is 11.1 Å². The van der Waals surface area contributed by atoms with E-state index < -0.39 is 11.2 Å². The fourth-order valence-corrected chi connectivity index (χ4v) is 2.35. The van der Waals surface area contributed by atoms with Crippen molar-refractivity contribution >= 4 is 15.9 Å². The van der Waals surface area contributed by atoms with Crippen molar-refractivity contribution in [1.82, 2.24) is 9.55 Å². The van der Waals surface area contributed by atoms with E-state index >= 15 is 0 Å². The monoisotopic (exact) mass is 322 g/mol. The molecule has 1 aromatic carbocycles. The van der Waals surface area contributed by atoms with Gasteiger partial charge in [0.25, 0.3) is 5.56 Å². The third kappa shape index (κ3) is 2.12. The summed E-state index contributed by atoms with van der Waals surface area (Å²) < 4.78 is 2.14. The lowest BCUT2D eigenvalue weighted by Gasteiger charge is -2.10. The molecule has 1 fully saturated rings. The van der Waals surface area contributed by atoms with Crippen LogP contribution in [0.2, 0.25) is 0 Å². The number of halogens is 1. The molecule has 0 radical (unpaired) electrons. The Bertz CT molecular complexity index is 742. The predicted octanol–water partition coefficient (Wildman–Crippen LogP) is 2.01. The van der Waals surface area contributed by atoms with Crippen molar-refractivity contribution in [2.75, 3.05) is 0 Å². The first-order chi connectivity index (χ1) is 9.08. The molecule has 0 atom stereocenters. The normalized spacial score (nSPS) is 14.6. The van der Waals surface area contributed by atoms with Crippen LogP contribution in [0.15, 0.2) is 38.3 Å². The fourth-order valence-electron chi connectivity index (χ4n) is 2.09. The molecule has 1 aromatic heterocycles. The minimum absolute atomic E-state index is 0.00134. The second kappa shape index (κ2) is 4.38. The molecule has 6 heteroatoms. The van der Waals surface area contributed by atoms with Crippen molar-refractivity contribution in [2.24, 2.45) is 0 Å². The zero-order valence-electron chi connectivity index (χ0n) is 9.89. The van der Waals surface area contributed by atoms with Crippen molar-refractivity contribution in [3.05, 3.63) is 49.6 Å². The first kappa shape index (κ1) is 12.2. The van der Waals surface area contributed by atoms with Crippen LogP contribution in [-0.4, -0.2) is 14.7 Å². The highest BCUT2D eigenvalue weighted by Crippen LogP contribution is 2.38. The molecule has 1 saturated carbocycles. The number of nitrogens with one attached hydrogen (secondary N) is 1. The maximum atomic E-state index is 11.9. The number of aromatic amines is 1. The lowest BCUT2D eigenvalue weighted by Crippen LogP contribution is -2.30. The number of aromatic hydroxyl groups is 1. The van der Waals surface area contributed by atoms with E-state index in [1.54, 1.807) is 24.3 Å². The molecule has 1 aliphatic rings. The molecule has 1 aliphatic carbocycles. The van der Waals surface area contributed by atoms with Gasteiger partial charge in [-0.15, -0.1) is 0 Å². The van der Waals surface area contributed by atoms with Gasteiger partial charge in [0, 0.05) is 10.5 Å². The Labute approximate surface area is 116 Å². The summed E-state index contributed by atoms with van der Waals surface area (Å²) in [4.78, 5) is 25.9. The summed E-state index contributed by atoms with van der Waals surface area (Å²) in [5.74, 6) is -0.251. The van der Waals surface area contributed by atoms with Crippen LogP contribution in [0, 0.1) is 0 Å². The first-order valence-corrected chi connectivity index (χ1v) is 6.71. The number of benzene rings is 1. The Kier molecular flexibility index (Phi) is 2.82. The van der Waals surface area contributed by atoms with Gasteiger partial charge in [-0.1, -0.05) is 28.1 Å². The Morgan fingerprint density at radius 1 is 1.21 bits per heavy atom. The molecular weight excluding hydrogens is 312 g/mol.